The fourth-order valence-electron chi connectivity index (χ4n) is 1.94. The Morgan fingerprint density at radius 3 is 2.90 bits per heavy atom. The summed E-state index contributed by atoms with van der Waals surface area (Å²) in [6.45, 7) is 2.98. The second-order valence-electron chi connectivity index (χ2n) is 4.61. The van der Waals surface area contributed by atoms with Crippen LogP contribution in [0.4, 0.5) is 5.69 Å². The van der Waals surface area contributed by atoms with Crippen molar-refractivity contribution in [1.82, 2.24) is 4.57 Å². The average Bonchev–Trinajstić information content (AvgIpc) is 2.40. The lowest BCUT2D eigenvalue weighted by molar-refractivity contribution is 0.301. The molecule has 5 heteroatoms. The molecule has 0 atom stereocenters. The first kappa shape index (κ1) is 14.7. The molecule has 20 heavy (non-hydrogen) atoms. The summed E-state index contributed by atoms with van der Waals surface area (Å²) in [4.78, 5) is 11.9. The molecule has 1 aromatic heterocycles. The average molecular weight is 337 g/mol. The summed E-state index contributed by atoms with van der Waals surface area (Å²) in [6.07, 6.45) is 2.56. The van der Waals surface area contributed by atoms with Crippen molar-refractivity contribution in [2.75, 3.05) is 12.3 Å². The second-order valence-corrected chi connectivity index (χ2v) is 5.53. The van der Waals surface area contributed by atoms with E-state index in [0.717, 1.165) is 22.2 Å². The number of ether oxygens (including phenoxy) is 1. The van der Waals surface area contributed by atoms with Gasteiger partial charge in [-0.1, -0.05) is 6.07 Å². The van der Waals surface area contributed by atoms with Gasteiger partial charge in [-0.25, -0.2) is 0 Å². The maximum Gasteiger partial charge on any atom is 0.253 e. The van der Waals surface area contributed by atoms with E-state index in [1.54, 1.807) is 16.8 Å². The molecule has 1 heterocycles. The number of aryl methyl sites for hydroxylation is 2. The number of pyridine rings is 1. The Hall–Kier alpha value is -1.75. The monoisotopic (exact) mass is 336 g/mol. The Kier molecular flexibility index (Phi) is 4.84. The van der Waals surface area contributed by atoms with Gasteiger partial charge in [0.05, 0.1) is 6.61 Å². The smallest absolute Gasteiger partial charge is 0.253 e. The third kappa shape index (κ3) is 3.87. The van der Waals surface area contributed by atoms with Crippen LogP contribution >= 0.6 is 15.9 Å². The Balaban J connectivity index is 1.89. The van der Waals surface area contributed by atoms with E-state index >= 15 is 0 Å². The number of halogens is 1. The topological polar surface area (TPSA) is 57.2 Å². The summed E-state index contributed by atoms with van der Waals surface area (Å²) >= 11 is 3.40. The first-order valence-corrected chi connectivity index (χ1v) is 7.20. The standard InChI is InChI=1S/C15H17BrN2O2/c1-11-8-12(16)10-18(15(11)19)6-3-7-20-14-5-2-4-13(17)9-14/h2,4-5,8-10H,3,6-7,17H2,1H3. The number of hydrogen-bond acceptors (Lipinski definition) is 3. The molecule has 4 nitrogen and oxygen atoms in total. The van der Waals surface area contributed by atoms with Gasteiger partial charge in [0.1, 0.15) is 5.75 Å². The van der Waals surface area contributed by atoms with Gasteiger partial charge in [-0.05, 0) is 47.5 Å². The molecule has 0 aliphatic rings. The molecule has 2 rings (SSSR count). The number of nitrogens with zero attached hydrogens (tertiary/aromatic N) is 1. The minimum atomic E-state index is 0.0390. The lowest BCUT2D eigenvalue weighted by atomic mass is 10.3. The largest absolute Gasteiger partial charge is 0.493 e. The van der Waals surface area contributed by atoms with Crippen LogP contribution in [0, 0.1) is 6.92 Å². The lowest BCUT2D eigenvalue weighted by Crippen LogP contribution is -2.22. The van der Waals surface area contributed by atoms with Gasteiger partial charge < -0.3 is 15.0 Å². The number of rotatable bonds is 5. The van der Waals surface area contributed by atoms with Crippen LogP contribution < -0.4 is 16.0 Å². The van der Waals surface area contributed by atoms with Crippen molar-refractivity contribution < 1.29 is 4.74 Å². The van der Waals surface area contributed by atoms with Crippen LogP contribution in [0.15, 0.2) is 45.8 Å². The Morgan fingerprint density at radius 1 is 1.35 bits per heavy atom. The van der Waals surface area contributed by atoms with E-state index in [-0.39, 0.29) is 5.56 Å². The van der Waals surface area contributed by atoms with E-state index in [2.05, 4.69) is 15.9 Å². The van der Waals surface area contributed by atoms with Crippen molar-refractivity contribution in [3.63, 3.8) is 0 Å². The highest BCUT2D eigenvalue weighted by atomic mass is 79.9. The van der Waals surface area contributed by atoms with Crippen LogP contribution in [0.2, 0.25) is 0 Å². The van der Waals surface area contributed by atoms with Crippen molar-refractivity contribution >= 4 is 21.6 Å². The van der Waals surface area contributed by atoms with Gasteiger partial charge in [-0.3, -0.25) is 4.79 Å². The first-order chi connectivity index (χ1) is 9.56. The SMILES string of the molecule is Cc1cc(Br)cn(CCCOc2cccc(N)c2)c1=O. The molecule has 2 N–H and O–H groups in total. The molecule has 2 aromatic rings. The molecule has 0 bridgehead atoms. The van der Waals surface area contributed by atoms with Gasteiger partial charge in [-0.2, -0.15) is 0 Å². The molecular formula is C15H17BrN2O2. The van der Waals surface area contributed by atoms with Crippen LogP contribution in [0.5, 0.6) is 5.75 Å². The van der Waals surface area contributed by atoms with Crippen LogP contribution in [0.25, 0.3) is 0 Å². The highest BCUT2D eigenvalue weighted by Crippen LogP contribution is 2.14. The van der Waals surface area contributed by atoms with E-state index in [0.29, 0.717) is 18.8 Å². The number of hydrogen-bond donors (Lipinski definition) is 1. The molecular weight excluding hydrogens is 320 g/mol. The predicted octanol–water partition coefficient (Wildman–Crippen LogP) is 2.97. The Labute approximate surface area is 126 Å². The summed E-state index contributed by atoms with van der Waals surface area (Å²) in [6, 6.07) is 9.15. The van der Waals surface area contributed by atoms with Gasteiger partial charge >= 0.3 is 0 Å². The van der Waals surface area contributed by atoms with Crippen molar-refractivity contribution in [3.8, 4) is 5.75 Å². The molecule has 0 fully saturated rings. The normalized spacial score (nSPS) is 10.5. The van der Waals surface area contributed by atoms with Crippen molar-refractivity contribution in [2.24, 2.45) is 0 Å². The fourth-order valence-corrected chi connectivity index (χ4v) is 2.53. The molecule has 0 radical (unpaired) electrons. The molecule has 0 aliphatic carbocycles. The van der Waals surface area contributed by atoms with E-state index in [9.17, 15) is 4.79 Å². The third-order valence-corrected chi connectivity index (χ3v) is 3.34. The van der Waals surface area contributed by atoms with Gasteiger partial charge in [0.25, 0.3) is 5.56 Å². The number of anilines is 1. The molecule has 0 saturated heterocycles. The Bertz CT molecular complexity index is 653. The van der Waals surface area contributed by atoms with Crippen LogP contribution in [-0.2, 0) is 6.54 Å². The van der Waals surface area contributed by atoms with E-state index in [4.69, 9.17) is 10.5 Å². The lowest BCUT2D eigenvalue weighted by Gasteiger charge is -2.09. The predicted molar refractivity (Wildman–Crippen MR) is 84.1 cm³/mol. The van der Waals surface area contributed by atoms with Crippen LogP contribution in [-0.4, -0.2) is 11.2 Å². The van der Waals surface area contributed by atoms with Gasteiger partial charge in [-0.15, -0.1) is 0 Å². The van der Waals surface area contributed by atoms with Crippen molar-refractivity contribution in [1.29, 1.82) is 0 Å². The summed E-state index contributed by atoms with van der Waals surface area (Å²) in [7, 11) is 0. The number of aromatic nitrogens is 1. The second kappa shape index (κ2) is 6.61. The van der Waals surface area contributed by atoms with Gasteiger partial charge in [0.2, 0.25) is 0 Å². The fraction of sp³-hybridized carbons (Fsp3) is 0.267. The quantitative estimate of drug-likeness (QED) is 0.674. The maximum atomic E-state index is 11.9. The molecule has 0 aliphatic heterocycles. The summed E-state index contributed by atoms with van der Waals surface area (Å²) in [5, 5.41) is 0. The first-order valence-electron chi connectivity index (χ1n) is 6.41. The van der Waals surface area contributed by atoms with Gasteiger partial charge in [0, 0.05) is 34.5 Å². The van der Waals surface area contributed by atoms with Crippen LogP contribution in [0.3, 0.4) is 0 Å². The molecule has 0 amide bonds. The third-order valence-electron chi connectivity index (χ3n) is 2.90. The molecule has 0 unspecified atom stereocenters. The summed E-state index contributed by atoms with van der Waals surface area (Å²) < 4.78 is 8.21. The maximum absolute atomic E-state index is 11.9. The highest BCUT2D eigenvalue weighted by Gasteiger charge is 2.02. The zero-order valence-electron chi connectivity index (χ0n) is 11.3. The van der Waals surface area contributed by atoms with E-state index < -0.39 is 0 Å². The molecule has 0 spiro atoms. The molecule has 1 aromatic carbocycles. The molecule has 0 saturated carbocycles. The Morgan fingerprint density at radius 2 is 2.15 bits per heavy atom. The van der Waals surface area contributed by atoms with Crippen molar-refractivity contribution in [3.05, 3.63) is 56.9 Å². The highest BCUT2D eigenvalue weighted by molar-refractivity contribution is 9.10. The van der Waals surface area contributed by atoms with Crippen molar-refractivity contribution in [2.45, 2.75) is 19.9 Å². The minimum Gasteiger partial charge on any atom is -0.493 e. The van der Waals surface area contributed by atoms with Crippen LogP contribution in [0.1, 0.15) is 12.0 Å². The zero-order chi connectivity index (χ0) is 14.5. The van der Waals surface area contributed by atoms with E-state index in [1.165, 1.54) is 0 Å². The summed E-state index contributed by atoms with van der Waals surface area (Å²) in [5.41, 5.74) is 7.13. The zero-order valence-corrected chi connectivity index (χ0v) is 12.9. The number of nitrogen functional groups attached to an aromatic ring is 1. The van der Waals surface area contributed by atoms with Gasteiger partial charge in [0.15, 0.2) is 0 Å². The number of nitrogens with two attached hydrogens (primary N) is 1. The number of benzene rings is 1. The van der Waals surface area contributed by atoms with E-state index in [1.807, 2.05) is 31.2 Å². The minimum absolute atomic E-state index is 0.0390. The molecule has 106 valence electrons. The summed E-state index contributed by atoms with van der Waals surface area (Å²) in [5.74, 6) is 0.753.